The molecule has 25 heavy (non-hydrogen) atoms. The Kier molecular flexibility index (Phi) is 4.17. The zero-order valence-corrected chi connectivity index (χ0v) is 14.7. The molecule has 0 N–H and O–H groups in total. The quantitative estimate of drug-likeness (QED) is 0.738. The summed E-state index contributed by atoms with van der Waals surface area (Å²) >= 11 is 0. The van der Waals surface area contributed by atoms with Gasteiger partial charge in [0.2, 0.25) is 0 Å². The van der Waals surface area contributed by atoms with Gasteiger partial charge in [-0.3, -0.25) is 9.20 Å². The lowest BCUT2D eigenvalue weighted by molar-refractivity contribution is 0.0835. The van der Waals surface area contributed by atoms with Gasteiger partial charge in [0.05, 0.1) is 12.7 Å². The van der Waals surface area contributed by atoms with Crippen LogP contribution in [-0.2, 0) is 11.3 Å². The number of aryl methyl sites for hydroxylation is 2. The number of imidazole rings is 1. The fourth-order valence-corrected chi connectivity index (χ4v) is 3.67. The third-order valence-corrected chi connectivity index (χ3v) is 5.04. The SMILES string of the molecule is Cc1cccc(Cn2c(C)cn3c(C4CCOCC4)ncc3c2=O)c1. The lowest BCUT2D eigenvalue weighted by Gasteiger charge is -2.21. The first kappa shape index (κ1) is 16.1. The normalized spacial score (nSPS) is 15.8. The molecule has 5 nitrogen and oxygen atoms in total. The largest absolute Gasteiger partial charge is 0.381 e. The molecule has 3 heterocycles. The second kappa shape index (κ2) is 6.48. The highest BCUT2D eigenvalue weighted by Gasteiger charge is 2.21. The number of rotatable bonds is 3. The molecule has 0 saturated carbocycles. The Balaban J connectivity index is 1.76. The Bertz CT molecular complexity index is 965. The van der Waals surface area contributed by atoms with E-state index in [4.69, 9.17) is 4.74 Å². The van der Waals surface area contributed by atoms with Gasteiger partial charge in [-0.25, -0.2) is 4.98 Å². The van der Waals surface area contributed by atoms with Crippen LogP contribution < -0.4 is 5.56 Å². The zero-order chi connectivity index (χ0) is 17.4. The maximum Gasteiger partial charge on any atom is 0.276 e. The van der Waals surface area contributed by atoms with E-state index in [1.54, 1.807) is 6.20 Å². The maximum absolute atomic E-state index is 13.0. The van der Waals surface area contributed by atoms with Crippen molar-refractivity contribution in [3.05, 3.63) is 69.7 Å². The van der Waals surface area contributed by atoms with Gasteiger partial charge in [0, 0.05) is 31.0 Å². The molecule has 130 valence electrons. The lowest BCUT2D eigenvalue weighted by Crippen LogP contribution is -2.25. The number of nitrogens with zero attached hydrogens (tertiary/aromatic N) is 3. The lowest BCUT2D eigenvalue weighted by atomic mass is 10.00. The minimum absolute atomic E-state index is 0.0207. The Morgan fingerprint density at radius 2 is 2.04 bits per heavy atom. The minimum atomic E-state index is 0.0207. The van der Waals surface area contributed by atoms with Crippen LogP contribution >= 0.6 is 0 Å². The van der Waals surface area contributed by atoms with Crippen molar-refractivity contribution in [2.45, 2.75) is 39.2 Å². The van der Waals surface area contributed by atoms with Crippen LogP contribution in [-0.4, -0.2) is 27.2 Å². The highest BCUT2D eigenvalue weighted by Crippen LogP contribution is 2.26. The van der Waals surface area contributed by atoms with Gasteiger partial charge in [0.25, 0.3) is 5.56 Å². The molecule has 5 heteroatoms. The van der Waals surface area contributed by atoms with E-state index in [1.165, 1.54) is 5.56 Å². The summed E-state index contributed by atoms with van der Waals surface area (Å²) < 4.78 is 9.27. The number of benzene rings is 1. The van der Waals surface area contributed by atoms with Crippen LogP contribution in [0, 0.1) is 13.8 Å². The highest BCUT2D eigenvalue weighted by molar-refractivity contribution is 5.45. The minimum Gasteiger partial charge on any atom is -0.381 e. The summed E-state index contributed by atoms with van der Waals surface area (Å²) in [6.45, 7) is 6.18. The van der Waals surface area contributed by atoms with Crippen molar-refractivity contribution >= 4 is 5.52 Å². The van der Waals surface area contributed by atoms with E-state index in [9.17, 15) is 4.79 Å². The molecule has 0 amide bonds. The summed E-state index contributed by atoms with van der Waals surface area (Å²) in [5.41, 5.74) is 3.96. The van der Waals surface area contributed by atoms with E-state index in [0.717, 1.165) is 43.1 Å². The second-order valence-electron chi connectivity index (χ2n) is 6.91. The van der Waals surface area contributed by atoms with E-state index < -0.39 is 0 Å². The topological polar surface area (TPSA) is 48.5 Å². The fraction of sp³-hybridized carbons (Fsp3) is 0.400. The summed E-state index contributed by atoms with van der Waals surface area (Å²) in [6, 6.07) is 8.29. The molecule has 1 saturated heterocycles. The van der Waals surface area contributed by atoms with Crippen molar-refractivity contribution in [1.82, 2.24) is 14.0 Å². The first-order valence-electron chi connectivity index (χ1n) is 8.84. The predicted octanol–water partition coefficient (Wildman–Crippen LogP) is 3.06. The molecular formula is C20H23N3O2. The van der Waals surface area contributed by atoms with Crippen molar-refractivity contribution in [2.24, 2.45) is 0 Å². The summed E-state index contributed by atoms with van der Waals surface area (Å²) in [6.07, 6.45) is 5.69. The van der Waals surface area contributed by atoms with Crippen molar-refractivity contribution in [3.8, 4) is 0 Å². The van der Waals surface area contributed by atoms with Crippen molar-refractivity contribution in [2.75, 3.05) is 13.2 Å². The summed E-state index contributed by atoms with van der Waals surface area (Å²) in [5.74, 6) is 1.35. The number of aromatic nitrogens is 3. The van der Waals surface area contributed by atoms with Crippen LogP contribution in [0.5, 0.6) is 0 Å². The summed E-state index contributed by atoms with van der Waals surface area (Å²) in [4.78, 5) is 17.6. The molecule has 1 aliphatic heterocycles. The van der Waals surface area contributed by atoms with E-state index in [2.05, 4.69) is 30.1 Å². The molecule has 0 atom stereocenters. The van der Waals surface area contributed by atoms with Gasteiger partial charge in [-0.1, -0.05) is 29.8 Å². The maximum atomic E-state index is 13.0. The molecule has 1 fully saturated rings. The smallest absolute Gasteiger partial charge is 0.276 e. The van der Waals surface area contributed by atoms with Gasteiger partial charge in [-0.2, -0.15) is 0 Å². The van der Waals surface area contributed by atoms with Crippen LogP contribution in [0.25, 0.3) is 5.52 Å². The van der Waals surface area contributed by atoms with Gasteiger partial charge in [-0.05, 0) is 32.3 Å². The van der Waals surface area contributed by atoms with E-state index >= 15 is 0 Å². The average Bonchev–Trinajstić information content (AvgIpc) is 3.03. The van der Waals surface area contributed by atoms with Gasteiger partial charge in [0.1, 0.15) is 11.3 Å². The highest BCUT2D eigenvalue weighted by atomic mass is 16.5. The molecule has 2 aromatic heterocycles. The van der Waals surface area contributed by atoms with E-state index in [0.29, 0.717) is 18.0 Å². The Morgan fingerprint density at radius 3 is 2.80 bits per heavy atom. The molecule has 1 aromatic carbocycles. The van der Waals surface area contributed by atoms with Crippen LogP contribution in [0.3, 0.4) is 0 Å². The van der Waals surface area contributed by atoms with Crippen molar-refractivity contribution in [3.63, 3.8) is 0 Å². The summed E-state index contributed by atoms with van der Waals surface area (Å²) in [5, 5.41) is 0. The number of hydrogen-bond acceptors (Lipinski definition) is 3. The number of hydrogen-bond donors (Lipinski definition) is 0. The average molecular weight is 337 g/mol. The Labute approximate surface area is 146 Å². The molecule has 0 radical (unpaired) electrons. The molecule has 0 bridgehead atoms. The predicted molar refractivity (Wildman–Crippen MR) is 97.3 cm³/mol. The van der Waals surface area contributed by atoms with Crippen LogP contribution in [0.1, 0.15) is 41.4 Å². The summed E-state index contributed by atoms with van der Waals surface area (Å²) in [7, 11) is 0. The Hall–Kier alpha value is -2.40. The molecular weight excluding hydrogens is 314 g/mol. The molecule has 0 unspecified atom stereocenters. The van der Waals surface area contributed by atoms with Gasteiger partial charge >= 0.3 is 0 Å². The van der Waals surface area contributed by atoms with Crippen molar-refractivity contribution < 1.29 is 4.74 Å². The zero-order valence-electron chi connectivity index (χ0n) is 14.7. The first-order valence-corrected chi connectivity index (χ1v) is 8.84. The van der Waals surface area contributed by atoms with Gasteiger partial charge in [-0.15, -0.1) is 0 Å². The van der Waals surface area contributed by atoms with Crippen LogP contribution in [0.2, 0.25) is 0 Å². The van der Waals surface area contributed by atoms with E-state index in [-0.39, 0.29) is 5.56 Å². The Morgan fingerprint density at radius 1 is 1.24 bits per heavy atom. The second-order valence-corrected chi connectivity index (χ2v) is 6.91. The monoisotopic (exact) mass is 337 g/mol. The standard InChI is InChI=1S/C20H23N3O2/c1-14-4-3-5-16(10-14)13-22-15(2)12-23-18(20(22)24)11-21-19(23)17-6-8-25-9-7-17/h3-5,10-12,17H,6-9,13H2,1-2H3. The number of ether oxygens (including phenoxy) is 1. The first-order chi connectivity index (χ1) is 12.1. The fourth-order valence-electron chi connectivity index (χ4n) is 3.67. The van der Waals surface area contributed by atoms with Crippen molar-refractivity contribution in [1.29, 1.82) is 0 Å². The molecule has 0 spiro atoms. The molecule has 1 aliphatic rings. The molecule has 0 aliphatic carbocycles. The molecule has 4 rings (SSSR count). The van der Waals surface area contributed by atoms with Crippen LogP contribution in [0.15, 0.2) is 41.5 Å². The third kappa shape index (κ3) is 3.00. The van der Waals surface area contributed by atoms with Gasteiger partial charge in [0.15, 0.2) is 0 Å². The third-order valence-electron chi connectivity index (χ3n) is 5.04. The number of fused-ring (bicyclic) bond motifs is 1. The molecule has 3 aromatic rings. The van der Waals surface area contributed by atoms with E-state index in [1.807, 2.05) is 28.2 Å². The van der Waals surface area contributed by atoms with Crippen LogP contribution in [0.4, 0.5) is 0 Å². The van der Waals surface area contributed by atoms with Gasteiger partial charge < -0.3 is 9.30 Å².